The third-order valence-electron chi connectivity index (χ3n) is 2.92. The summed E-state index contributed by atoms with van der Waals surface area (Å²) in [5.41, 5.74) is 7.25. The van der Waals surface area contributed by atoms with E-state index in [4.69, 9.17) is 5.73 Å². The molecule has 0 amide bonds. The number of nitrogens with two attached hydrogens (primary N) is 1. The molecule has 102 valence electrons. The molecule has 0 aliphatic carbocycles. The zero-order valence-corrected chi connectivity index (χ0v) is 11.6. The van der Waals surface area contributed by atoms with Crippen LogP contribution in [0.15, 0.2) is 18.2 Å². The number of para-hydroxylation sites is 1. The zero-order chi connectivity index (χ0) is 13.5. The van der Waals surface area contributed by atoms with Crippen LogP contribution in [-0.4, -0.2) is 38.6 Å². The summed E-state index contributed by atoms with van der Waals surface area (Å²) in [7, 11) is 4.05. The van der Waals surface area contributed by atoms with Crippen molar-refractivity contribution >= 4 is 5.69 Å². The van der Waals surface area contributed by atoms with E-state index in [2.05, 4.69) is 16.7 Å². The van der Waals surface area contributed by atoms with Crippen molar-refractivity contribution in [3.05, 3.63) is 29.6 Å². The summed E-state index contributed by atoms with van der Waals surface area (Å²) in [4.78, 5) is 4.20. The summed E-state index contributed by atoms with van der Waals surface area (Å²) < 4.78 is 14.0. The van der Waals surface area contributed by atoms with E-state index in [1.807, 2.05) is 20.2 Å². The molecule has 0 heterocycles. The molecule has 0 radical (unpaired) electrons. The number of halogens is 1. The van der Waals surface area contributed by atoms with E-state index in [1.54, 1.807) is 6.07 Å². The van der Waals surface area contributed by atoms with E-state index in [1.165, 1.54) is 6.07 Å². The second kappa shape index (κ2) is 7.34. The van der Waals surface area contributed by atoms with Gasteiger partial charge in [0.05, 0.1) is 5.69 Å². The Kier molecular flexibility index (Phi) is 6.09. The molecule has 0 saturated carbocycles. The Bertz CT molecular complexity index is 366. The van der Waals surface area contributed by atoms with Crippen molar-refractivity contribution < 1.29 is 4.39 Å². The molecule has 1 rings (SSSR count). The highest BCUT2D eigenvalue weighted by atomic mass is 19.1. The molecule has 2 N–H and O–H groups in total. The van der Waals surface area contributed by atoms with Crippen LogP contribution in [0.25, 0.3) is 0 Å². The van der Waals surface area contributed by atoms with Crippen molar-refractivity contribution in [1.29, 1.82) is 0 Å². The molecule has 0 atom stereocenters. The molecule has 0 aliphatic heterocycles. The fraction of sp³-hybridized carbons (Fsp3) is 0.571. The number of hydrogen-bond donors (Lipinski definition) is 1. The minimum Gasteiger partial charge on any atom is -0.368 e. The van der Waals surface area contributed by atoms with Gasteiger partial charge < -0.3 is 15.5 Å². The summed E-state index contributed by atoms with van der Waals surface area (Å²) in [6.45, 7) is 5.04. The van der Waals surface area contributed by atoms with Gasteiger partial charge >= 0.3 is 0 Å². The number of likely N-dealkylation sites (N-methyl/N-ethyl adjacent to an activating group) is 1. The summed E-state index contributed by atoms with van der Waals surface area (Å²) in [6.07, 6.45) is 0.992. The summed E-state index contributed by atoms with van der Waals surface area (Å²) in [5.74, 6) is -0.176. The monoisotopic (exact) mass is 253 g/mol. The zero-order valence-electron chi connectivity index (χ0n) is 11.6. The molecule has 4 heteroatoms. The molecule has 1 aromatic rings. The van der Waals surface area contributed by atoms with Crippen molar-refractivity contribution in [2.45, 2.75) is 19.9 Å². The van der Waals surface area contributed by atoms with Gasteiger partial charge in [0.2, 0.25) is 0 Å². The van der Waals surface area contributed by atoms with Crippen molar-refractivity contribution in [1.82, 2.24) is 4.90 Å². The molecule has 3 nitrogen and oxygen atoms in total. The Hall–Kier alpha value is -1.13. The molecule has 0 bridgehead atoms. The highest BCUT2D eigenvalue weighted by Gasteiger charge is 2.14. The first-order valence-electron chi connectivity index (χ1n) is 6.47. The second-order valence-corrected chi connectivity index (χ2v) is 4.74. The summed E-state index contributed by atoms with van der Waals surface area (Å²) in [6, 6.07) is 5.13. The average Bonchev–Trinajstić information content (AvgIpc) is 2.34. The van der Waals surface area contributed by atoms with E-state index in [9.17, 15) is 4.39 Å². The lowest BCUT2D eigenvalue weighted by molar-refractivity contribution is 0.411. The molecule has 0 spiro atoms. The van der Waals surface area contributed by atoms with Crippen molar-refractivity contribution in [2.75, 3.05) is 38.6 Å². The molecule has 0 fully saturated rings. The molecule has 0 aromatic heterocycles. The SMILES string of the molecule is CCCN(CCN(C)C)c1c(F)cccc1CN. The highest BCUT2D eigenvalue weighted by Crippen LogP contribution is 2.24. The Morgan fingerprint density at radius 2 is 1.89 bits per heavy atom. The maximum absolute atomic E-state index is 14.0. The first-order chi connectivity index (χ1) is 8.60. The second-order valence-electron chi connectivity index (χ2n) is 4.74. The summed E-state index contributed by atoms with van der Waals surface area (Å²) >= 11 is 0. The maximum atomic E-state index is 14.0. The standard InChI is InChI=1S/C14H24FN3/c1-4-8-18(10-9-17(2)3)14-12(11-16)6-5-7-13(14)15/h5-7H,4,8-11,16H2,1-3H3. The van der Waals surface area contributed by atoms with E-state index in [0.717, 1.165) is 31.6 Å². The van der Waals surface area contributed by atoms with Crippen LogP contribution in [0.3, 0.4) is 0 Å². The van der Waals surface area contributed by atoms with Gasteiger partial charge in [-0.15, -0.1) is 0 Å². The topological polar surface area (TPSA) is 32.5 Å². The minimum atomic E-state index is -0.176. The number of nitrogens with zero attached hydrogens (tertiary/aromatic N) is 2. The fourth-order valence-electron chi connectivity index (χ4n) is 2.00. The van der Waals surface area contributed by atoms with Crippen LogP contribution in [0.5, 0.6) is 0 Å². The van der Waals surface area contributed by atoms with Gasteiger partial charge in [0.1, 0.15) is 5.82 Å². The largest absolute Gasteiger partial charge is 0.368 e. The fourth-order valence-corrected chi connectivity index (χ4v) is 2.00. The van der Waals surface area contributed by atoms with Gasteiger partial charge in [-0.1, -0.05) is 19.1 Å². The Labute approximate surface area is 109 Å². The van der Waals surface area contributed by atoms with Gasteiger partial charge in [0.25, 0.3) is 0 Å². The first kappa shape index (κ1) is 14.9. The average molecular weight is 253 g/mol. The number of benzene rings is 1. The Morgan fingerprint density at radius 1 is 1.17 bits per heavy atom. The number of rotatable bonds is 7. The van der Waals surface area contributed by atoms with E-state index >= 15 is 0 Å². The number of anilines is 1. The quantitative estimate of drug-likeness (QED) is 0.807. The molecule has 0 unspecified atom stereocenters. The van der Waals surface area contributed by atoms with Gasteiger partial charge in [-0.3, -0.25) is 0 Å². The number of hydrogen-bond acceptors (Lipinski definition) is 3. The van der Waals surface area contributed by atoms with Crippen molar-refractivity contribution in [3.63, 3.8) is 0 Å². The third-order valence-corrected chi connectivity index (χ3v) is 2.92. The van der Waals surface area contributed by atoms with Crippen LogP contribution in [0.1, 0.15) is 18.9 Å². The van der Waals surface area contributed by atoms with E-state index in [0.29, 0.717) is 12.2 Å². The van der Waals surface area contributed by atoms with Gasteiger partial charge in [-0.2, -0.15) is 0 Å². The molecule has 0 saturated heterocycles. The molecule has 1 aromatic carbocycles. The molecule has 18 heavy (non-hydrogen) atoms. The lowest BCUT2D eigenvalue weighted by atomic mass is 10.1. The van der Waals surface area contributed by atoms with Gasteiger partial charge in [0, 0.05) is 26.2 Å². The van der Waals surface area contributed by atoms with Gasteiger partial charge in [0.15, 0.2) is 0 Å². The Morgan fingerprint density at radius 3 is 2.44 bits per heavy atom. The van der Waals surface area contributed by atoms with Crippen LogP contribution in [0.2, 0.25) is 0 Å². The lowest BCUT2D eigenvalue weighted by Gasteiger charge is -2.28. The maximum Gasteiger partial charge on any atom is 0.146 e. The highest BCUT2D eigenvalue weighted by molar-refractivity contribution is 5.55. The van der Waals surface area contributed by atoms with Crippen LogP contribution < -0.4 is 10.6 Å². The van der Waals surface area contributed by atoms with Crippen molar-refractivity contribution in [3.8, 4) is 0 Å². The normalized spacial score (nSPS) is 11.0. The summed E-state index contributed by atoms with van der Waals surface area (Å²) in [5, 5.41) is 0. The van der Waals surface area contributed by atoms with Crippen LogP contribution >= 0.6 is 0 Å². The molecular formula is C14H24FN3. The first-order valence-corrected chi connectivity index (χ1v) is 6.47. The van der Waals surface area contributed by atoms with E-state index in [-0.39, 0.29) is 5.82 Å². The van der Waals surface area contributed by atoms with Crippen molar-refractivity contribution in [2.24, 2.45) is 5.73 Å². The lowest BCUT2D eigenvalue weighted by Crippen LogP contribution is -2.33. The third kappa shape index (κ3) is 3.96. The minimum absolute atomic E-state index is 0.176. The molecular weight excluding hydrogens is 229 g/mol. The van der Waals surface area contributed by atoms with Crippen LogP contribution in [-0.2, 0) is 6.54 Å². The predicted octanol–water partition coefficient (Wildman–Crippen LogP) is 2.06. The predicted molar refractivity (Wildman–Crippen MR) is 75.3 cm³/mol. The van der Waals surface area contributed by atoms with Crippen LogP contribution in [0.4, 0.5) is 10.1 Å². The Balaban J connectivity index is 2.96. The smallest absolute Gasteiger partial charge is 0.146 e. The van der Waals surface area contributed by atoms with Gasteiger partial charge in [-0.25, -0.2) is 4.39 Å². The van der Waals surface area contributed by atoms with E-state index < -0.39 is 0 Å². The van der Waals surface area contributed by atoms with Crippen LogP contribution in [0, 0.1) is 5.82 Å². The molecule has 0 aliphatic rings. The van der Waals surface area contributed by atoms with Gasteiger partial charge in [-0.05, 0) is 32.1 Å².